The summed E-state index contributed by atoms with van der Waals surface area (Å²) < 4.78 is 0. The lowest BCUT2D eigenvalue weighted by Gasteiger charge is -2.26. The summed E-state index contributed by atoms with van der Waals surface area (Å²) in [5.41, 5.74) is 0. The van der Waals surface area contributed by atoms with E-state index in [2.05, 4.69) is 5.32 Å². The number of carbonyl (C=O) groups excluding carboxylic acids is 2. The van der Waals surface area contributed by atoms with Crippen molar-refractivity contribution in [2.45, 2.75) is 31.7 Å². The van der Waals surface area contributed by atoms with Gasteiger partial charge in [-0.05, 0) is 25.3 Å². The molecule has 0 radical (unpaired) electrons. The lowest BCUT2D eigenvalue weighted by molar-refractivity contribution is -0.137. The van der Waals surface area contributed by atoms with Gasteiger partial charge in [-0.15, -0.1) is 0 Å². The fourth-order valence-electron chi connectivity index (χ4n) is 1.92. The van der Waals surface area contributed by atoms with Gasteiger partial charge in [-0.2, -0.15) is 0 Å². The van der Waals surface area contributed by atoms with Gasteiger partial charge in [0.05, 0.1) is 12.5 Å². The van der Waals surface area contributed by atoms with Gasteiger partial charge in [0.1, 0.15) is 0 Å². The van der Waals surface area contributed by atoms with Gasteiger partial charge >= 0.3 is 0 Å². The van der Waals surface area contributed by atoms with Crippen molar-refractivity contribution >= 4 is 11.8 Å². The Morgan fingerprint density at radius 2 is 2.14 bits per heavy atom. The molecule has 0 aromatic carbocycles. The van der Waals surface area contributed by atoms with Gasteiger partial charge in [0.25, 0.3) is 0 Å². The van der Waals surface area contributed by atoms with Crippen LogP contribution in [0.25, 0.3) is 0 Å². The number of likely N-dealkylation sites (N-methyl/N-ethyl adjacent to an activating group) is 1. The molecule has 1 N–H and O–H groups in total. The van der Waals surface area contributed by atoms with Crippen molar-refractivity contribution in [1.82, 2.24) is 10.2 Å². The maximum atomic E-state index is 11.5. The molecule has 4 nitrogen and oxygen atoms in total. The number of nitrogens with zero attached hydrogens (tertiary/aromatic N) is 1. The molecule has 1 saturated heterocycles. The molecule has 1 heterocycles. The zero-order valence-corrected chi connectivity index (χ0v) is 8.45. The molecule has 2 fully saturated rings. The Kier molecular flexibility index (Phi) is 2.54. The molecule has 14 heavy (non-hydrogen) atoms. The standard InChI is InChI=1S/C10H16N2O2/c1-12-9(13)5-8(10(12)14)11-6-7-3-2-4-7/h7-8,11H,2-6H2,1H3. The molecule has 4 heteroatoms. The number of hydrogen-bond donors (Lipinski definition) is 1. The molecule has 1 atom stereocenters. The van der Waals surface area contributed by atoms with Crippen molar-refractivity contribution in [1.29, 1.82) is 0 Å². The normalized spacial score (nSPS) is 28.4. The van der Waals surface area contributed by atoms with Crippen LogP contribution < -0.4 is 5.32 Å². The van der Waals surface area contributed by atoms with Crippen LogP contribution in [-0.4, -0.2) is 36.3 Å². The lowest BCUT2D eigenvalue weighted by atomic mass is 9.85. The molecular weight excluding hydrogens is 180 g/mol. The number of amides is 2. The quantitative estimate of drug-likeness (QED) is 0.653. The van der Waals surface area contributed by atoms with Crippen molar-refractivity contribution in [3.63, 3.8) is 0 Å². The predicted molar refractivity (Wildman–Crippen MR) is 51.5 cm³/mol. The molecule has 2 amide bonds. The molecule has 78 valence electrons. The Labute approximate surface area is 83.6 Å². The predicted octanol–water partition coefficient (Wildman–Crippen LogP) is 0.133. The van der Waals surface area contributed by atoms with Gasteiger partial charge in [-0.1, -0.05) is 6.42 Å². The molecule has 0 aromatic rings. The van der Waals surface area contributed by atoms with Crippen LogP contribution in [0.5, 0.6) is 0 Å². The van der Waals surface area contributed by atoms with Gasteiger partial charge in [0.15, 0.2) is 0 Å². The first-order valence-corrected chi connectivity index (χ1v) is 5.22. The fourth-order valence-corrected chi connectivity index (χ4v) is 1.92. The van der Waals surface area contributed by atoms with Gasteiger partial charge in [0.2, 0.25) is 11.8 Å². The zero-order chi connectivity index (χ0) is 10.1. The summed E-state index contributed by atoms with van der Waals surface area (Å²) in [4.78, 5) is 23.9. The first-order chi connectivity index (χ1) is 6.68. The zero-order valence-electron chi connectivity index (χ0n) is 8.45. The van der Waals surface area contributed by atoms with E-state index < -0.39 is 0 Å². The molecule has 1 aliphatic heterocycles. The van der Waals surface area contributed by atoms with Gasteiger partial charge < -0.3 is 5.32 Å². The number of imide groups is 1. The van der Waals surface area contributed by atoms with Crippen LogP contribution in [0.3, 0.4) is 0 Å². The van der Waals surface area contributed by atoms with E-state index in [1.807, 2.05) is 0 Å². The minimum absolute atomic E-state index is 0.0684. The van der Waals surface area contributed by atoms with E-state index in [4.69, 9.17) is 0 Å². The van der Waals surface area contributed by atoms with E-state index >= 15 is 0 Å². The summed E-state index contributed by atoms with van der Waals surface area (Å²) in [6.07, 6.45) is 4.17. The molecule has 0 aromatic heterocycles. The van der Waals surface area contributed by atoms with Crippen molar-refractivity contribution in [2.24, 2.45) is 5.92 Å². The first kappa shape index (κ1) is 9.65. The van der Waals surface area contributed by atoms with Gasteiger partial charge in [-0.25, -0.2) is 0 Å². The second-order valence-electron chi connectivity index (χ2n) is 4.25. The van der Waals surface area contributed by atoms with E-state index in [0.29, 0.717) is 6.42 Å². The highest BCUT2D eigenvalue weighted by molar-refractivity contribution is 6.05. The molecule has 1 unspecified atom stereocenters. The van der Waals surface area contributed by atoms with Crippen molar-refractivity contribution in [3.05, 3.63) is 0 Å². The molecule has 0 bridgehead atoms. The van der Waals surface area contributed by atoms with Crippen molar-refractivity contribution in [2.75, 3.05) is 13.6 Å². The Hall–Kier alpha value is -0.900. The van der Waals surface area contributed by atoms with E-state index in [1.165, 1.54) is 24.2 Å². The van der Waals surface area contributed by atoms with Gasteiger partial charge in [0, 0.05) is 7.05 Å². The Bertz CT molecular complexity index is 261. The Morgan fingerprint density at radius 1 is 1.43 bits per heavy atom. The molecule has 2 aliphatic rings. The molecule has 0 spiro atoms. The summed E-state index contributed by atoms with van der Waals surface area (Å²) in [5, 5.41) is 3.18. The van der Waals surface area contributed by atoms with E-state index in [1.54, 1.807) is 7.05 Å². The van der Waals surface area contributed by atoms with E-state index in [9.17, 15) is 9.59 Å². The minimum Gasteiger partial charge on any atom is -0.305 e. The minimum atomic E-state index is -0.256. The highest BCUT2D eigenvalue weighted by Crippen LogP contribution is 2.25. The average Bonchev–Trinajstić information content (AvgIpc) is 2.31. The first-order valence-electron chi connectivity index (χ1n) is 5.22. The molecular formula is C10H16N2O2. The van der Waals surface area contributed by atoms with Crippen LogP contribution in [0.4, 0.5) is 0 Å². The SMILES string of the molecule is CN1C(=O)CC(NCC2CCC2)C1=O. The van der Waals surface area contributed by atoms with Crippen molar-refractivity contribution < 1.29 is 9.59 Å². The van der Waals surface area contributed by atoms with Crippen molar-refractivity contribution in [3.8, 4) is 0 Å². The lowest BCUT2D eigenvalue weighted by Crippen LogP contribution is -2.40. The highest BCUT2D eigenvalue weighted by Gasteiger charge is 2.36. The fraction of sp³-hybridized carbons (Fsp3) is 0.800. The molecule has 1 saturated carbocycles. The van der Waals surface area contributed by atoms with Crippen LogP contribution in [0.15, 0.2) is 0 Å². The maximum Gasteiger partial charge on any atom is 0.246 e. The average molecular weight is 196 g/mol. The van der Waals surface area contributed by atoms with E-state index in [0.717, 1.165) is 12.5 Å². The largest absolute Gasteiger partial charge is 0.305 e. The molecule has 1 aliphatic carbocycles. The number of likely N-dealkylation sites (tertiary alicyclic amines) is 1. The number of rotatable bonds is 3. The smallest absolute Gasteiger partial charge is 0.246 e. The Morgan fingerprint density at radius 3 is 2.57 bits per heavy atom. The topological polar surface area (TPSA) is 49.4 Å². The summed E-state index contributed by atoms with van der Waals surface area (Å²) in [6, 6.07) is -0.256. The third-order valence-corrected chi connectivity index (χ3v) is 3.26. The third-order valence-electron chi connectivity index (χ3n) is 3.26. The number of nitrogens with one attached hydrogen (secondary N) is 1. The van der Waals surface area contributed by atoms with Crippen LogP contribution in [-0.2, 0) is 9.59 Å². The highest BCUT2D eigenvalue weighted by atomic mass is 16.2. The second kappa shape index (κ2) is 3.69. The summed E-state index contributed by atoms with van der Waals surface area (Å²) >= 11 is 0. The summed E-state index contributed by atoms with van der Waals surface area (Å²) in [6.45, 7) is 0.886. The van der Waals surface area contributed by atoms with Crippen LogP contribution in [0, 0.1) is 5.92 Å². The van der Waals surface area contributed by atoms with Crippen LogP contribution in [0.2, 0.25) is 0 Å². The number of carbonyl (C=O) groups is 2. The van der Waals surface area contributed by atoms with Crippen LogP contribution in [0.1, 0.15) is 25.7 Å². The number of hydrogen-bond acceptors (Lipinski definition) is 3. The molecule has 2 rings (SSSR count). The summed E-state index contributed by atoms with van der Waals surface area (Å²) in [5.74, 6) is 0.583. The second-order valence-corrected chi connectivity index (χ2v) is 4.25. The monoisotopic (exact) mass is 196 g/mol. The van der Waals surface area contributed by atoms with E-state index in [-0.39, 0.29) is 17.9 Å². The third kappa shape index (κ3) is 1.66. The van der Waals surface area contributed by atoms with Gasteiger partial charge in [-0.3, -0.25) is 14.5 Å². The maximum absolute atomic E-state index is 11.5. The Balaban J connectivity index is 1.80. The summed E-state index contributed by atoms with van der Waals surface area (Å²) in [7, 11) is 1.55. The van der Waals surface area contributed by atoms with Crippen LogP contribution >= 0.6 is 0 Å².